The van der Waals surface area contributed by atoms with Crippen molar-refractivity contribution in [1.82, 2.24) is 4.90 Å². The number of nitrogens with zero attached hydrogens (tertiary/aromatic N) is 1. The van der Waals surface area contributed by atoms with Gasteiger partial charge in [0, 0.05) is 23.9 Å². The van der Waals surface area contributed by atoms with E-state index in [1.165, 1.54) is 11.3 Å². The number of fused-ring (bicyclic) bond motifs is 1. The van der Waals surface area contributed by atoms with Crippen molar-refractivity contribution in [3.8, 4) is 21.9 Å². The van der Waals surface area contributed by atoms with Crippen LogP contribution in [-0.2, 0) is 9.47 Å². The lowest BCUT2D eigenvalue weighted by molar-refractivity contribution is -0.0955. The maximum absolute atomic E-state index is 12.9. The van der Waals surface area contributed by atoms with Crippen molar-refractivity contribution in [3.63, 3.8) is 0 Å². The smallest absolute Gasteiger partial charge is 0.263 e. The SMILES string of the molecule is O=C(c1ccc(-c2ccc3c(c2)OCCO3)s1)N1CCC(C2OCCO2)CC1. The Kier molecular flexibility index (Phi) is 4.96. The van der Waals surface area contributed by atoms with Crippen LogP contribution in [0.4, 0.5) is 0 Å². The molecule has 7 heteroatoms. The van der Waals surface area contributed by atoms with Crippen LogP contribution in [0.5, 0.6) is 11.5 Å². The normalized spacial score (nSPS) is 20.5. The van der Waals surface area contributed by atoms with Crippen molar-refractivity contribution in [2.45, 2.75) is 19.1 Å². The number of rotatable bonds is 3. The molecule has 0 saturated carbocycles. The molecular weight excluding hydrogens is 378 g/mol. The number of ether oxygens (including phenoxy) is 4. The quantitative estimate of drug-likeness (QED) is 0.789. The molecule has 2 fully saturated rings. The van der Waals surface area contributed by atoms with Crippen LogP contribution in [0, 0.1) is 5.92 Å². The molecule has 5 rings (SSSR count). The van der Waals surface area contributed by atoms with Gasteiger partial charge in [-0.1, -0.05) is 0 Å². The van der Waals surface area contributed by atoms with Crippen molar-refractivity contribution >= 4 is 17.2 Å². The summed E-state index contributed by atoms with van der Waals surface area (Å²) in [6.45, 7) is 4.02. The first kappa shape index (κ1) is 18.0. The van der Waals surface area contributed by atoms with E-state index in [4.69, 9.17) is 18.9 Å². The minimum absolute atomic E-state index is 0.0826. The lowest BCUT2D eigenvalue weighted by Crippen LogP contribution is -2.41. The molecule has 4 heterocycles. The molecule has 148 valence electrons. The summed E-state index contributed by atoms with van der Waals surface area (Å²) in [5, 5.41) is 0. The number of carbonyl (C=O) groups excluding carboxylic acids is 1. The lowest BCUT2D eigenvalue weighted by Gasteiger charge is -2.33. The molecule has 3 aliphatic rings. The number of hydrogen-bond donors (Lipinski definition) is 0. The van der Waals surface area contributed by atoms with Gasteiger partial charge in [-0.3, -0.25) is 4.79 Å². The number of piperidine rings is 1. The van der Waals surface area contributed by atoms with Crippen molar-refractivity contribution < 1.29 is 23.7 Å². The summed E-state index contributed by atoms with van der Waals surface area (Å²) in [6, 6.07) is 9.87. The second-order valence-electron chi connectivity index (χ2n) is 7.26. The number of likely N-dealkylation sites (tertiary alicyclic amines) is 1. The average molecular weight is 401 g/mol. The Hall–Kier alpha value is -2.09. The molecular formula is C21H23NO5S. The van der Waals surface area contributed by atoms with E-state index in [1.54, 1.807) is 0 Å². The zero-order valence-electron chi connectivity index (χ0n) is 15.6. The summed E-state index contributed by atoms with van der Waals surface area (Å²) in [7, 11) is 0. The van der Waals surface area contributed by atoms with Crippen LogP contribution in [-0.4, -0.2) is 56.6 Å². The van der Waals surface area contributed by atoms with Crippen molar-refractivity contribution in [3.05, 3.63) is 35.2 Å². The fourth-order valence-corrected chi connectivity index (χ4v) is 4.95. The second-order valence-corrected chi connectivity index (χ2v) is 8.35. The van der Waals surface area contributed by atoms with Crippen LogP contribution >= 0.6 is 11.3 Å². The number of thiophene rings is 1. The maximum atomic E-state index is 12.9. The van der Waals surface area contributed by atoms with Crippen molar-refractivity contribution in [2.75, 3.05) is 39.5 Å². The van der Waals surface area contributed by atoms with Gasteiger partial charge in [0.05, 0.1) is 18.1 Å². The first-order valence-electron chi connectivity index (χ1n) is 9.80. The number of hydrogen-bond acceptors (Lipinski definition) is 6. The number of carbonyl (C=O) groups is 1. The molecule has 6 nitrogen and oxygen atoms in total. The highest BCUT2D eigenvalue weighted by atomic mass is 32.1. The van der Waals surface area contributed by atoms with E-state index in [0.29, 0.717) is 32.3 Å². The van der Waals surface area contributed by atoms with Crippen LogP contribution in [0.1, 0.15) is 22.5 Å². The zero-order valence-corrected chi connectivity index (χ0v) is 16.4. The molecule has 0 unspecified atom stereocenters. The molecule has 2 aromatic rings. The summed E-state index contributed by atoms with van der Waals surface area (Å²) in [5.41, 5.74) is 1.04. The van der Waals surface area contributed by atoms with E-state index < -0.39 is 0 Å². The minimum Gasteiger partial charge on any atom is -0.486 e. The Bertz CT molecular complexity index is 852. The fraction of sp³-hybridized carbons (Fsp3) is 0.476. The molecule has 1 aromatic heterocycles. The van der Waals surface area contributed by atoms with Crippen LogP contribution in [0.3, 0.4) is 0 Å². The minimum atomic E-state index is -0.0826. The van der Waals surface area contributed by atoms with E-state index in [-0.39, 0.29) is 12.2 Å². The Balaban J connectivity index is 1.25. The Labute approximate surface area is 168 Å². The summed E-state index contributed by atoms with van der Waals surface area (Å²) < 4.78 is 22.5. The van der Waals surface area contributed by atoms with Gasteiger partial charge in [-0.25, -0.2) is 0 Å². The Morgan fingerprint density at radius 2 is 1.68 bits per heavy atom. The third kappa shape index (κ3) is 3.50. The van der Waals surface area contributed by atoms with Crippen molar-refractivity contribution in [2.24, 2.45) is 5.92 Å². The van der Waals surface area contributed by atoms with E-state index in [2.05, 4.69) is 0 Å². The monoisotopic (exact) mass is 401 g/mol. The molecule has 0 atom stereocenters. The highest BCUT2D eigenvalue weighted by molar-refractivity contribution is 7.17. The lowest BCUT2D eigenvalue weighted by atomic mass is 9.96. The average Bonchev–Trinajstić information content (AvgIpc) is 3.45. The highest BCUT2D eigenvalue weighted by Gasteiger charge is 2.32. The fourth-order valence-electron chi connectivity index (χ4n) is 3.98. The molecule has 0 spiro atoms. The van der Waals surface area contributed by atoms with Gasteiger partial charge in [-0.2, -0.15) is 0 Å². The first-order chi connectivity index (χ1) is 13.8. The predicted molar refractivity (Wildman–Crippen MR) is 105 cm³/mol. The Morgan fingerprint density at radius 1 is 0.929 bits per heavy atom. The van der Waals surface area contributed by atoms with Gasteiger partial charge >= 0.3 is 0 Å². The third-order valence-electron chi connectivity index (χ3n) is 5.50. The topological polar surface area (TPSA) is 57.2 Å². The number of amides is 1. The van der Waals surface area contributed by atoms with Gasteiger partial charge in [0.15, 0.2) is 17.8 Å². The Morgan fingerprint density at radius 3 is 2.46 bits per heavy atom. The van der Waals surface area contributed by atoms with Gasteiger partial charge in [-0.05, 0) is 48.7 Å². The molecule has 0 radical (unpaired) electrons. The summed E-state index contributed by atoms with van der Waals surface area (Å²) in [4.78, 5) is 16.7. The maximum Gasteiger partial charge on any atom is 0.263 e. The number of benzene rings is 1. The second kappa shape index (κ2) is 7.73. The molecule has 3 aliphatic heterocycles. The largest absolute Gasteiger partial charge is 0.486 e. The molecule has 1 amide bonds. The van der Waals surface area contributed by atoms with Gasteiger partial charge in [0.25, 0.3) is 5.91 Å². The molecule has 0 bridgehead atoms. The van der Waals surface area contributed by atoms with Crippen LogP contribution in [0.2, 0.25) is 0 Å². The van der Waals surface area contributed by atoms with Gasteiger partial charge in [0.2, 0.25) is 0 Å². The zero-order chi connectivity index (χ0) is 18.9. The molecule has 0 N–H and O–H groups in total. The predicted octanol–water partition coefficient (Wildman–Crippen LogP) is 3.41. The summed E-state index contributed by atoms with van der Waals surface area (Å²) in [5.74, 6) is 2.05. The molecule has 2 saturated heterocycles. The molecule has 1 aromatic carbocycles. The first-order valence-corrected chi connectivity index (χ1v) is 10.6. The summed E-state index contributed by atoms with van der Waals surface area (Å²) in [6.07, 6.45) is 1.77. The van der Waals surface area contributed by atoms with Crippen molar-refractivity contribution in [1.29, 1.82) is 0 Å². The van der Waals surface area contributed by atoms with E-state index >= 15 is 0 Å². The third-order valence-corrected chi connectivity index (χ3v) is 6.63. The van der Waals surface area contributed by atoms with Crippen LogP contribution in [0.15, 0.2) is 30.3 Å². The van der Waals surface area contributed by atoms with E-state index in [9.17, 15) is 4.79 Å². The van der Waals surface area contributed by atoms with E-state index in [1.807, 2.05) is 35.2 Å². The molecule has 0 aliphatic carbocycles. The van der Waals surface area contributed by atoms with Gasteiger partial charge < -0.3 is 23.8 Å². The molecule has 28 heavy (non-hydrogen) atoms. The highest BCUT2D eigenvalue weighted by Crippen LogP contribution is 2.37. The standard InChI is InChI=1S/C21H23NO5S/c23-20(22-7-5-14(6-8-22)21-26-11-12-27-21)19-4-3-18(28-19)15-1-2-16-17(13-15)25-10-9-24-16/h1-4,13-14,21H,5-12H2. The van der Waals surface area contributed by atoms with Gasteiger partial charge in [0.1, 0.15) is 13.2 Å². The van der Waals surface area contributed by atoms with Crippen LogP contribution < -0.4 is 9.47 Å². The summed E-state index contributed by atoms with van der Waals surface area (Å²) >= 11 is 1.53. The van der Waals surface area contributed by atoms with Crippen LogP contribution in [0.25, 0.3) is 10.4 Å². The van der Waals surface area contributed by atoms with E-state index in [0.717, 1.165) is 52.7 Å². The van der Waals surface area contributed by atoms with Gasteiger partial charge in [-0.15, -0.1) is 11.3 Å².